The molecule has 0 saturated carbocycles. The molecular formula is C14H18N2O2S3. The minimum Gasteiger partial charge on any atom is -0.208 e. The summed E-state index contributed by atoms with van der Waals surface area (Å²) in [5.41, 5.74) is 1.82. The highest BCUT2D eigenvalue weighted by Crippen LogP contribution is 2.23. The van der Waals surface area contributed by atoms with Crippen LogP contribution in [0.5, 0.6) is 0 Å². The summed E-state index contributed by atoms with van der Waals surface area (Å²) >= 11 is 3.00. The van der Waals surface area contributed by atoms with Gasteiger partial charge in [-0.3, -0.25) is 0 Å². The van der Waals surface area contributed by atoms with Crippen LogP contribution in [0.3, 0.4) is 0 Å². The molecule has 0 aromatic carbocycles. The van der Waals surface area contributed by atoms with Crippen molar-refractivity contribution in [3.63, 3.8) is 0 Å². The lowest BCUT2D eigenvalue weighted by Crippen LogP contribution is -2.28. The summed E-state index contributed by atoms with van der Waals surface area (Å²) in [6.45, 7) is 8.11. The van der Waals surface area contributed by atoms with E-state index in [-0.39, 0.29) is 0 Å². The van der Waals surface area contributed by atoms with E-state index >= 15 is 0 Å². The summed E-state index contributed by atoms with van der Waals surface area (Å²) < 4.78 is 30.1. The molecule has 2 rings (SSSR count). The van der Waals surface area contributed by atoms with Gasteiger partial charge in [-0.05, 0) is 37.0 Å². The van der Waals surface area contributed by atoms with Gasteiger partial charge in [-0.1, -0.05) is 13.5 Å². The number of hydrogen-bond donors (Lipinski definition) is 0. The van der Waals surface area contributed by atoms with Crippen molar-refractivity contribution in [2.45, 2.75) is 33.4 Å². The number of thiophene rings is 1. The Morgan fingerprint density at radius 2 is 2.05 bits per heavy atom. The van der Waals surface area contributed by atoms with Crippen molar-refractivity contribution in [2.24, 2.45) is 0 Å². The van der Waals surface area contributed by atoms with Crippen molar-refractivity contribution in [3.05, 3.63) is 50.5 Å². The van der Waals surface area contributed by atoms with Crippen LogP contribution in [0.1, 0.15) is 27.9 Å². The number of sulfonamides is 1. The Morgan fingerprint density at radius 3 is 2.57 bits per heavy atom. The third-order valence-corrected chi connectivity index (χ3v) is 6.55. The molecule has 0 aliphatic heterocycles. The van der Waals surface area contributed by atoms with E-state index in [0.29, 0.717) is 13.1 Å². The van der Waals surface area contributed by atoms with Crippen molar-refractivity contribution in [1.82, 2.24) is 8.68 Å². The van der Waals surface area contributed by atoms with Gasteiger partial charge < -0.3 is 0 Å². The first kappa shape index (κ1) is 16.4. The van der Waals surface area contributed by atoms with Gasteiger partial charge in [-0.15, -0.1) is 11.3 Å². The van der Waals surface area contributed by atoms with Crippen molar-refractivity contribution in [3.8, 4) is 0 Å². The Morgan fingerprint density at radius 1 is 1.33 bits per heavy atom. The number of aromatic nitrogens is 1. The first-order valence-electron chi connectivity index (χ1n) is 6.56. The first-order chi connectivity index (χ1) is 9.96. The van der Waals surface area contributed by atoms with Gasteiger partial charge in [0.25, 0.3) is 0 Å². The number of hydrogen-bond acceptors (Lipinski definition) is 5. The van der Waals surface area contributed by atoms with Gasteiger partial charge in [0.05, 0.1) is 5.69 Å². The quantitative estimate of drug-likeness (QED) is 0.773. The van der Waals surface area contributed by atoms with Gasteiger partial charge in [-0.2, -0.15) is 8.68 Å². The van der Waals surface area contributed by atoms with Gasteiger partial charge in [0.2, 0.25) is 10.0 Å². The second kappa shape index (κ2) is 6.83. The van der Waals surface area contributed by atoms with E-state index in [1.54, 1.807) is 11.3 Å². The molecule has 0 aliphatic rings. The summed E-state index contributed by atoms with van der Waals surface area (Å²) in [5.74, 6) is 0. The van der Waals surface area contributed by atoms with Gasteiger partial charge in [0, 0.05) is 39.2 Å². The van der Waals surface area contributed by atoms with Crippen LogP contribution in [0.25, 0.3) is 0 Å². The molecule has 0 N–H and O–H groups in total. The largest absolute Gasteiger partial charge is 0.236 e. The highest BCUT2D eigenvalue weighted by molar-refractivity contribution is 7.91. The van der Waals surface area contributed by atoms with Crippen molar-refractivity contribution in [1.29, 1.82) is 0 Å². The number of aryl methyl sites for hydroxylation is 2. The van der Waals surface area contributed by atoms with E-state index < -0.39 is 10.0 Å². The first-order valence-corrected chi connectivity index (χ1v) is 9.72. The minimum absolute atomic E-state index is 0.329. The second-order valence-corrected chi connectivity index (χ2v) is 8.39. The predicted molar refractivity (Wildman–Crippen MR) is 88.9 cm³/mol. The van der Waals surface area contributed by atoms with Crippen LogP contribution in [0, 0.1) is 6.92 Å². The molecule has 0 aliphatic carbocycles. The van der Waals surface area contributed by atoms with Crippen LogP contribution in [-0.4, -0.2) is 17.1 Å². The van der Waals surface area contributed by atoms with Gasteiger partial charge >= 0.3 is 0 Å². The molecule has 4 nitrogen and oxygen atoms in total. The number of rotatable bonds is 7. The van der Waals surface area contributed by atoms with Gasteiger partial charge in [0.1, 0.15) is 0 Å². The molecule has 2 aromatic heterocycles. The average Bonchev–Trinajstić information content (AvgIpc) is 3.07. The summed E-state index contributed by atoms with van der Waals surface area (Å²) in [4.78, 5) is 2.30. The highest BCUT2D eigenvalue weighted by atomic mass is 32.2. The molecule has 2 heterocycles. The topological polar surface area (TPSA) is 50.3 Å². The Labute approximate surface area is 134 Å². The van der Waals surface area contributed by atoms with Crippen LogP contribution in [-0.2, 0) is 29.5 Å². The van der Waals surface area contributed by atoms with Crippen LogP contribution >= 0.6 is 22.9 Å². The molecule has 0 radical (unpaired) electrons. The molecule has 0 fully saturated rings. The van der Waals surface area contributed by atoms with Crippen molar-refractivity contribution < 1.29 is 8.42 Å². The van der Waals surface area contributed by atoms with E-state index in [4.69, 9.17) is 0 Å². The van der Waals surface area contributed by atoms with Crippen molar-refractivity contribution in [2.75, 3.05) is 0 Å². The summed E-state index contributed by atoms with van der Waals surface area (Å²) in [6.07, 6.45) is 0.965. The maximum absolute atomic E-state index is 12.2. The Kier molecular flexibility index (Phi) is 5.32. The summed E-state index contributed by atoms with van der Waals surface area (Å²) in [6, 6.07) is 4.05. The Hall–Kier alpha value is -1.02. The Bertz CT molecular complexity index is 716. The lowest BCUT2D eigenvalue weighted by Gasteiger charge is -2.19. The normalized spacial score (nSPS) is 12.0. The monoisotopic (exact) mass is 342 g/mol. The van der Waals surface area contributed by atoms with Gasteiger partial charge in [0.15, 0.2) is 0 Å². The highest BCUT2D eigenvalue weighted by Gasteiger charge is 2.21. The molecular weight excluding hydrogens is 324 g/mol. The fourth-order valence-electron chi connectivity index (χ4n) is 1.87. The Balaban J connectivity index is 2.24. The molecule has 0 bridgehead atoms. The van der Waals surface area contributed by atoms with E-state index in [2.05, 4.69) is 23.9 Å². The van der Waals surface area contributed by atoms with E-state index in [1.807, 2.05) is 18.4 Å². The predicted octanol–water partition coefficient (Wildman–Crippen LogP) is 3.55. The third-order valence-electron chi connectivity index (χ3n) is 3.16. The zero-order valence-electron chi connectivity index (χ0n) is 12.1. The van der Waals surface area contributed by atoms with Crippen molar-refractivity contribution >= 4 is 32.9 Å². The van der Waals surface area contributed by atoms with Crippen LogP contribution < -0.4 is 0 Å². The lowest BCUT2D eigenvalue weighted by molar-refractivity contribution is 0.410. The smallest absolute Gasteiger partial charge is 0.208 e. The molecule has 0 amide bonds. The zero-order chi connectivity index (χ0) is 15.5. The number of nitrogens with zero attached hydrogens (tertiary/aromatic N) is 2. The lowest BCUT2D eigenvalue weighted by atomic mass is 10.2. The molecule has 0 spiro atoms. The standard InChI is InChI=1S/C14H18N2O2S3/c1-4-13-6-7-14(20-13)9-16(21(17,18)5-2)8-12-10-19-15-11(12)3/h5-7,10H,2,4,8-9H2,1,3H3. The minimum atomic E-state index is -3.47. The van der Waals surface area contributed by atoms with E-state index in [1.165, 1.54) is 20.7 Å². The molecule has 0 atom stereocenters. The van der Waals surface area contributed by atoms with Crippen LogP contribution in [0.15, 0.2) is 29.5 Å². The molecule has 0 saturated heterocycles. The van der Waals surface area contributed by atoms with E-state index in [0.717, 1.165) is 28.0 Å². The molecule has 21 heavy (non-hydrogen) atoms. The fraction of sp³-hybridized carbons (Fsp3) is 0.357. The maximum Gasteiger partial charge on any atom is 0.236 e. The van der Waals surface area contributed by atoms with Crippen LogP contribution in [0.4, 0.5) is 0 Å². The molecule has 2 aromatic rings. The molecule has 0 unspecified atom stereocenters. The molecule has 7 heteroatoms. The zero-order valence-corrected chi connectivity index (χ0v) is 14.5. The molecule has 114 valence electrons. The third kappa shape index (κ3) is 4.00. The van der Waals surface area contributed by atoms with Gasteiger partial charge in [-0.25, -0.2) is 8.42 Å². The second-order valence-electron chi connectivity index (χ2n) is 4.63. The fourth-order valence-corrected chi connectivity index (χ4v) is 4.47. The SMILES string of the molecule is C=CS(=O)(=O)N(Cc1ccc(CC)s1)Cc1csnc1C. The average molecular weight is 343 g/mol. The summed E-state index contributed by atoms with van der Waals surface area (Å²) in [5, 5.41) is 2.91. The maximum atomic E-state index is 12.2. The van der Waals surface area contributed by atoms with E-state index in [9.17, 15) is 8.42 Å². The summed E-state index contributed by atoms with van der Waals surface area (Å²) in [7, 11) is -3.47. The van der Waals surface area contributed by atoms with Crippen LogP contribution in [0.2, 0.25) is 0 Å².